The smallest absolute Gasteiger partial charge is 0.0106 e. The third kappa shape index (κ3) is 7.07. The fourth-order valence-corrected chi connectivity index (χ4v) is 1.25. The molecular weight excluding hydrogens is 216 g/mol. The quantitative estimate of drug-likeness (QED) is 0.646. The van der Waals surface area contributed by atoms with Crippen LogP contribution in [-0.4, -0.2) is 55.9 Å². The molecule has 3 heteroatoms. The molecule has 0 N–H and O–H groups in total. The maximum absolute atomic E-state index is 3.49. The number of halogens is 1. The van der Waals surface area contributed by atoms with E-state index in [1.54, 1.807) is 0 Å². The van der Waals surface area contributed by atoms with Gasteiger partial charge in [-0.25, -0.2) is 0 Å². The molecule has 0 aliphatic carbocycles. The van der Waals surface area contributed by atoms with Crippen LogP contribution in [0, 0.1) is 5.92 Å². The van der Waals surface area contributed by atoms with Crippen LogP contribution in [0.5, 0.6) is 0 Å². The number of rotatable bonds is 6. The van der Waals surface area contributed by atoms with E-state index in [1.165, 1.54) is 6.54 Å². The molecule has 0 aromatic heterocycles. The number of likely N-dealkylation sites (N-methyl/N-ethyl adjacent to an activating group) is 2. The number of nitrogens with zero attached hydrogens (tertiary/aromatic N) is 2. The Morgan fingerprint density at radius 3 is 2.17 bits per heavy atom. The monoisotopic (exact) mass is 236 g/mol. The first kappa shape index (κ1) is 12.4. The van der Waals surface area contributed by atoms with Gasteiger partial charge in [0.1, 0.15) is 0 Å². The zero-order valence-electron chi connectivity index (χ0n) is 8.68. The van der Waals surface area contributed by atoms with Crippen molar-refractivity contribution < 1.29 is 0 Å². The Balaban J connectivity index is 3.39. The summed E-state index contributed by atoms with van der Waals surface area (Å²) in [6.45, 7) is 5.75. The molecule has 0 rings (SSSR count). The minimum Gasteiger partial charge on any atom is -0.308 e. The molecule has 0 amide bonds. The predicted molar refractivity (Wildman–Crippen MR) is 59.0 cm³/mol. The molecule has 12 heavy (non-hydrogen) atoms. The molecule has 1 atom stereocenters. The van der Waals surface area contributed by atoms with Crippen LogP contribution in [0.1, 0.15) is 6.92 Å². The fraction of sp³-hybridized carbons (Fsp3) is 1.00. The topological polar surface area (TPSA) is 6.48 Å². The van der Waals surface area contributed by atoms with E-state index in [1.807, 2.05) is 0 Å². The predicted octanol–water partition coefficient (Wildman–Crippen LogP) is 1.51. The van der Waals surface area contributed by atoms with Gasteiger partial charge in [0.05, 0.1) is 0 Å². The summed E-state index contributed by atoms with van der Waals surface area (Å²) in [7, 11) is 6.41. The van der Waals surface area contributed by atoms with Gasteiger partial charge in [0.2, 0.25) is 0 Å². The van der Waals surface area contributed by atoms with Crippen molar-refractivity contribution >= 4 is 15.9 Å². The first-order valence-corrected chi connectivity index (χ1v) is 5.57. The van der Waals surface area contributed by atoms with Crippen molar-refractivity contribution in [3.8, 4) is 0 Å². The minimum absolute atomic E-state index is 0.747. The van der Waals surface area contributed by atoms with Crippen molar-refractivity contribution in [2.24, 2.45) is 5.92 Å². The Kier molecular flexibility index (Phi) is 7.10. The highest BCUT2D eigenvalue weighted by molar-refractivity contribution is 9.09. The van der Waals surface area contributed by atoms with E-state index in [9.17, 15) is 0 Å². The van der Waals surface area contributed by atoms with E-state index in [-0.39, 0.29) is 0 Å². The summed E-state index contributed by atoms with van der Waals surface area (Å²) in [4.78, 5) is 4.60. The molecule has 0 saturated carbocycles. The molecular formula is C9H21BrN2. The first-order chi connectivity index (χ1) is 5.56. The molecule has 0 radical (unpaired) electrons. The molecule has 0 saturated heterocycles. The van der Waals surface area contributed by atoms with Crippen LogP contribution >= 0.6 is 15.9 Å². The Bertz CT molecular complexity index is 107. The van der Waals surface area contributed by atoms with E-state index in [0.29, 0.717) is 0 Å². The van der Waals surface area contributed by atoms with Crippen molar-refractivity contribution in [1.29, 1.82) is 0 Å². The molecule has 0 aromatic rings. The Morgan fingerprint density at radius 1 is 1.17 bits per heavy atom. The average Bonchev–Trinajstić information content (AvgIpc) is 2.00. The zero-order chi connectivity index (χ0) is 9.56. The Labute approximate surface area is 85.0 Å². The third-order valence-electron chi connectivity index (χ3n) is 1.82. The van der Waals surface area contributed by atoms with E-state index in [2.05, 4.69) is 53.8 Å². The van der Waals surface area contributed by atoms with Crippen LogP contribution in [0.15, 0.2) is 0 Å². The molecule has 0 aliphatic heterocycles. The van der Waals surface area contributed by atoms with Gasteiger partial charge in [0, 0.05) is 25.0 Å². The molecule has 0 bridgehead atoms. The van der Waals surface area contributed by atoms with E-state index < -0.39 is 0 Å². The summed E-state index contributed by atoms with van der Waals surface area (Å²) >= 11 is 3.49. The molecule has 0 aromatic carbocycles. The van der Waals surface area contributed by atoms with Crippen LogP contribution in [0.3, 0.4) is 0 Å². The summed E-state index contributed by atoms with van der Waals surface area (Å²) in [6.07, 6.45) is 0. The molecule has 1 unspecified atom stereocenters. The average molecular weight is 237 g/mol. The highest BCUT2D eigenvalue weighted by atomic mass is 79.9. The molecule has 74 valence electrons. The highest BCUT2D eigenvalue weighted by Crippen LogP contribution is 2.01. The summed E-state index contributed by atoms with van der Waals surface area (Å²) in [5.41, 5.74) is 0. The van der Waals surface area contributed by atoms with E-state index in [4.69, 9.17) is 0 Å². The van der Waals surface area contributed by atoms with Gasteiger partial charge in [0.25, 0.3) is 0 Å². The third-order valence-corrected chi connectivity index (χ3v) is 2.92. The van der Waals surface area contributed by atoms with Gasteiger partial charge in [-0.3, -0.25) is 0 Å². The molecule has 0 fully saturated rings. The van der Waals surface area contributed by atoms with Crippen LogP contribution in [0.4, 0.5) is 0 Å². The fourth-order valence-electron chi connectivity index (χ4n) is 1.04. The van der Waals surface area contributed by atoms with Gasteiger partial charge >= 0.3 is 0 Å². The second-order valence-corrected chi connectivity index (χ2v) is 4.47. The second-order valence-electron chi connectivity index (χ2n) is 3.82. The molecule has 0 heterocycles. The second kappa shape index (κ2) is 6.87. The van der Waals surface area contributed by atoms with Gasteiger partial charge in [-0.05, 0) is 27.1 Å². The van der Waals surface area contributed by atoms with Gasteiger partial charge < -0.3 is 9.80 Å². The van der Waals surface area contributed by atoms with Gasteiger partial charge in [0.15, 0.2) is 0 Å². The lowest BCUT2D eigenvalue weighted by molar-refractivity contribution is 0.260. The molecule has 0 spiro atoms. The van der Waals surface area contributed by atoms with Gasteiger partial charge in [-0.1, -0.05) is 22.9 Å². The number of alkyl halides is 1. The van der Waals surface area contributed by atoms with Gasteiger partial charge in [-0.15, -0.1) is 0 Å². The van der Waals surface area contributed by atoms with Crippen LogP contribution < -0.4 is 0 Å². The first-order valence-electron chi connectivity index (χ1n) is 4.45. The maximum Gasteiger partial charge on any atom is 0.0106 e. The number of hydrogen-bond acceptors (Lipinski definition) is 2. The molecule has 2 nitrogen and oxygen atoms in total. The van der Waals surface area contributed by atoms with Crippen molar-refractivity contribution in [3.63, 3.8) is 0 Å². The number of hydrogen-bond donors (Lipinski definition) is 0. The summed E-state index contributed by atoms with van der Waals surface area (Å²) in [6, 6.07) is 0. The van der Waals surface area contributed by atoms with Crippen LogP contribution in [0.25, 0.3) is 0 Å². The van der Waals surface area contributed by atoms with Crippen LogP contribution in [0.2, 0.25) is 0 Å². The highest BCUT2D eigenvalue weighted by Gasteiger charge is 2.04. The standard InChI is InChI=1S/C9H21BrN2/c1-9(7-10)8-12(4)6-5-11(2)3/h9H,5-8H2,1-4H3. The normalized spacial score (nSPS) is 14.2. The SMILES string of the molecule is CC(CBr)CN(C)CCN(C)C. The minimum atomic E-state index is 0.747. The Morgan fingerprint density at radius 2 is 1.75 bits per heavy atom. The largest absolute Gasteiger partial charge is 0.308 e. The van der Waals surface area contributed by atoms with Gasteiger partial charge in [-0.2, -0.15) is 0 Å². The van der Waals surface area contributed by atoms with Crippen LogP contribution in [-0.2, 0) is 0 Å². The lowest BCUT2D eigenvalue weighted by atomic mass is 10.2. The Hall–Kier alpha value is 0.400. The maximum atomic E-state index is 3.49. The van der Waals surface area contributed by atoms with Crippen molar-refractivity contribution in [2.45, 2.75) is 6.92 Å². The summed E-state index contributed by atoms with van der Waals surface area (Å²) < 4.78 is 0. The lowest BCUT2D eigenvalue weighted by Gasteiger charge is -2.21. The lowest BCUT2D eigenvalue weighted by Crippen LogP contribution is -2.32. The van der Waals surface area contributed by atoms with E-state index >= 15 is 0 Å². The van der Waals surface area contributed by atoms with E-state index in [0.717, 1.165) is 24.3 Å². The summed E-state index contributed by atoms with van der Waals surface area (Å²) in [5.74, 6) is 0.747. The molecule has 0 aliphatic rings. The summed E-state index contributed by atoms with van der Waals surface area (Å²) in [5, 5.41) is 1.10. The van der Waals surface area contributed by atoms with Crippen molar-refractivity contribution in [2.75, 3.05) is 46.1 Å². The zero-order valence-corrected chi connectivity index (χ0v) is 10.3. The van der Waals surface area contributed by atoms with Crippen molar-refractivity contribution in [3.05, 3.63) is 0 Å². The van der Waals surface area contributed by atoms with Crippen molar-refractivity contribution in [1.82, 2.24) is 9.80 Å².